The number of amides is 1. The molecule has 33 heavy (non-hydrogen) atoms. The summed E-state index contributed by atoms with van der Waals surface area (Å²) in [6.45, 7) is 6.21. The molecule has 0 saturated heterocycles. The number of thiophene rings is 1. The van der Waals surface area contributed by atoms with Crippen molar-refractivity contribution in [1.82, 2.24) is 9.88 Å². The third-order valence-corrected chi connectivity index (χ3v) is 6.82. The van der Waals surface area contributed by atoms with Crippen molar-refractivity contribution in [2.45, 2.75) is 39.2 Å². The maximum Gasteiger partial charge on any atom is 0.407 e. The monoisotopic (exact) mass is 464 g/mol. The highest BCUT2D eigenvalue weighted by Crippen LogP contribution is 2.40. The summed E-state index contributed by atoms with van der Waals surface area (Å²) in [6.07, 6.45) is 0.644. The maximum atomic E-state index is 12.4. The van der Waals surface area contributed by atoms with Crippen LogP contribution in [0, 0.1) is 0 Å². The van der Waals surface area contributed by atoms with Crippen molar-refractivity contribution in [2.75, 3.05) is 13.7 Å². The number of aryl methyl sites for hydroxylation is 1. The third-order valence-electron chi connectivity index (χ3n) is 5.91. The number of nitrogens with one attached hydrogen (secondary N) is 1. The lowest BCUT2D eigenvalue weighted by Crippen LogP contribution is -2.45. The van der Waals surface area contributed by atoms with E-state index in [1.807, 2.05) is 44.4 Å². The number of carboxylic acid groups (broad SMARTS) is 1. The average Bonchev–Trinajstić information content (AvgIpc) is 3.26. The van der Waals surface area contributed by atoms with E-state index in [9.17, 15) is 14.7 Å². The third kappa shape index (κ3) is 4.46. The van der Waals surface area contributed by atoms with Crippen LogP contribution in [0.25, 0.3) is 32.1 Å². The van der Waals surface area contributed by atoms with Gasteiger partial charge in [0.15, 0.2) is 0 Å². The number of rotatable bonds is 6. The molecule has 4 aromatic rings. The molecule has 2 heterocycles. The molecule has 4 rings (SSSR count). The minimum absolute atomic E-state index is 0.0790. The second-order valence-corrected chi connectivity index (χ2v) is 10.0. The first kappa shape index (κ1) is 22.9. The van der Waals surface area contributed by atoms with E-state index in [1.165, 1.54) is 16.2 Å². The van der Waals surface area contributed by atoms with Crippen molar-refractivity contribution in [3.05, 3.63) is 63.8 Å². The second kappa shape index (κ2) is 8.90. The molecule has 2 aromatic heterocycles. The largest absolute Gasteiger partial charge is 0.496 e. The number of nitrogens with zero attached hydrogens (tertiary/aromatic N) is 1. The molecule has 7 heteroatoms. The average molecular weight is 465 g/mol. The van der Waals surface area contributed by atoms with E-state index in [4.69, 9.17) is 4.74 Å². The van der Waals surface area contributed by atoms with Gasteiger partial charge in [-0.1, -0.05) is 24.3 Å². The smallest absolute Gasteiger partial charge is 0.407 e. The van der Waals surface area contributed by atoms with Crippen molar-refractivity contribution in [2.24, 2.45) is 0 Å². The molecule has 2 aromatic carbocycles. The van der Waals surface area contributed by atoms with Gasteiger partial charge in [0.05, 0.1) is 7.11 Å². The van der Waals surface area contributed by atoms with Crippen molar-refractivity contribution in [1.29, 1.82) is 0 Å². The summed E-state index contributed by atoms with van der Waals surface area (Å²) in [5, 5.41) is 13.3. The Morgan fingerprint density at radius 1 is 1.12 bits per heavy atom. The Morgan fingerprint density at radius 3 is 2.48 bits per heavy atom. The fourth-order valence-corrected chi connectivity index (χ4v) is 5.08. The molecule has 172 valence electrons. The Kier molecular flexibility index (Phi) is 6.17. The minimum Gasteiger partial charge on any atom is -0.496 e. The summed E-state index contributed by atoms with van der Waals surface area (Å²) in [7, 11) is 1.65. The normalized spacial score (nSPS) is 11.8. The Morgan fingerprint density at radius 2 is 1.85 bits per heavy atom. The number of hydrogen-bond donors (Lipinski definition) is 2. The van der Waals surface area contributed by atoms with Gasteiger partial charge in [0, 0.05) is 33.9 Å². The van der Waals surface area contributed by atoms with Gasteiger partial charge in [-0.05, 0) is 68.3 Å². The first-order valence-electron chi connectivity index (χ1n) is 10.9. The Labute approximate surface area is 196 Å². The number of carbonyl (C=O) groups is 1. The van der Waals surface area contributed by atoms with E-state index in [0.717, 1.165) is 51.6 Å². The molecule has 6 nitrogen and oxygen atoms in total. The molecule has 0 radical (unpaired) electrons. The highest BCUT2D eigenvalue weighted by Gasteiger charge is 2.25. The number of hydrogen-bond acceptors (Lipinski definition) is 4. The van der Waals surface area contributed by atoms with Crippen LogP contribution in [-0.2, 0) is 6.42 Å². The van der Waals surface area contributed by atoms with Gasteiger partial charge < -0.3 is 19.7 Å². The summed E-state index contributed by atoms with van der Waals surface area (Å²) < 4.78 is 6.39. The lowest BCUT2D eigenvalue weighted by atomic mass is 9.96. The van der Waals surface area contributed by atoms with E-state index in [0.29, 0.717) is 11.2 Å². The van der Waals surface area contributed by atoms with Gasteiger partial charge in [0.2, 0.25) is 0 Å². The van der Waals surface area contributed by atoms with Gasteiger partial charge in [-0.3, -0.25) is 4.79 Å². The summed E-state index contributed by atoms with van der Waals surface area (Å²) in [4.78, 5) is 28.5. The van der Waals surface area contributed by atoms with Crippen LogP contribution in [0.15, 0.2) is 52.6 Å². The minimum atomic E-state index is -0.890. The fourth-order valence-electron chi connectivity index (χ4n) is 4.28. The number of benzene rings is 2. The van der Waals surface area contributed by atoms with Crippen LogP contribution in [-0.4, -0.2) is 40.3 Å². The number of H-pyrrole nitrogens is 1. The summed E-state index contributed by atoms with van der Waals surface area (Å²) in [5.41, 5.74) is 3.38. The van der Waals surface area contributed by atoms with Crippen LogP contribution < -0.4 is 10.3 Å². The van der Waals surface area contributed by atoms with Crippen molar-refractivity contribution in [3.8, 4) is 16.9 Å². The van der Waals surface area contributed by atoms with Crippen LogP contribution in [0.3, 0.4) is 0 Å². The quantitative estimate of drug-likeness (QED) is 0.360. The predicted octanol–water partition coefficient (Wildman–Crippen LogP) is 6.13. The Hall–Kier alpha value is -3.32. The summed E-state index contributed by atoms with van der Waals surface area (Å²) in [5.74, 6) is 0.747. The molecule has 0 unspecified atom stereocenters. The molecule has 0 aliphatic carbocycles. The SMILES string of the molecule is COc1ccc2[nH]c(=O)c3sccc3c2c1-c1ccc(CCCN(C(=O)O)C(C)(C)C)cc1. The summed E-state index contributed by atoms with van der Waals surface area (Å²) in [6, 6.07) is 14.0. The van der Waals surface area contributed by atoms with Gasteiger partial charge in [0.1, 0.15) is 10.4 Å². The van der Waals surface area contributed by atoms with Gasteiger partial charge in [-0.25, -0.2) is 4.79 Å². The molecule has 0 aliphatic heterocycles. The number of pyridine rings is 1. The second-order valence-electron chi connectivity index (χ2n) is 9.09. The zero-order valence-corrected chi connectivity index (χ0v) is 20.1. The zero-order chi connectivity index (χ0) is 23.8. The Balaban J connectivity index is 1.65. The highest BCUT2D eigenvalue weighted by molar-refractivity contribution is 7.17. The first-order chi connectivity index (χ1) is 15.7. The molecule has 1 amide bonds. The number of aromatic nitrogens is 1. The molecule has 2 N–H and O–H groups in total. The molecule has 0 fully saturated rings. The van der Waals surface area contributed by atoms with E-state index in [2.05, 4.69) is 29.2 Å². The van der Waals surface area contributed by atoms with E-state index in [-0.39, 0.29) is 5.56 Å². The topological polar surface area (TPSA) is 82.6 Å². The van der Waals surface area contributed by atoms with E-state index in [1.54, 1.807) is 7.11 Å². The first-order valence-corrected chi connectivity index (χ1v) is 11.8. The van der Waals surface area contributed by atoms with Gasteiger partial charge in [0.25, 0.3) is 5.56 Å². The number of aromatic amines is 1. The van der Waals surface area contributed by atoms with Gasteiger partial charge >= 0.3 is 6.09 Å². The molecule has 0 atom stereocenters. The number of ether oxygens (including phenoxy) is 1. The zero-order valence-electron chi connectivity index (χ0n) is 19.3. The molecule has 0 spiro atoms. The number of fused-ring (bicyclic) bond motifs is 3. The Bertz CT molecular complexity index is 1360. The van der Waals surface area contributed by atoms with Crippen LogP contribution in [0.5, 0.6) is 5.75 Å². The molecular formula is C26H28N2O4S. The lowest BCUT2D eigenvalue weighted by molar-refractivity contribution is 0.0996. The van der Waals surface area contributed by atoms with Gasteiger partial charge in [-0.2, -0.15) is 0 Å². The number of methoxy groups -OCH3 is 1. The lowest BCUT2D eigenvalue weighted by Gasteiger charge is -2.33. The van der Waals surface area contributed by atoms with E-state index < -0.39 is 11.6 Å². The van der Waals surface area contributed by atoms with Crippen LogP contribution in [0.2, 0.25) is 0 Å². The molecule has 0 saturated carbocycles. The van der Waals surface area contributed by atoms with E-state index >= 15 is 0 Å². The predicted molar refractivity (Wildman–Crippen MR) is 135 cm³/mol. The van der Waals surface area contributed by atoms with Gasteiger partial charge in [-0.15, -0.1) is 11.3 Å². The maximum absolute atomic E-state index is 12.4. The molecule has 0 bridgehead atoms. The van der Waals surface area contributed by atoms with Crippen LogP contribution in [0.1, 0.15) is 32.8 Å². The molecular weight excluding hydrogens is 436 g/mol. The molecule has 0 aliphatic rings. The van der Waals surface area contributed by atoms with Crippen molar-refractivity contribution >= 4 is 38.4 Å². The van der Waals surface area contributed by atoms with Crippen molar-refractivity contribution < 1.29 is 14.6 Å². The van der Waals surface area contributed by atoms with Crippen LogP contribution in [0.4, 0.5) is 4.79 Å². The van der Waals surface area contributed by atoms with Crippen LogP contribution >= 0.6 is 11.3 Å². The fraction of sp³-hybridized carbons (Fsp3) is 0.308. The standard InChI is InChI=1S/C26H28N2O4S/c1-26(2,3)28(25(30)31)14-5-6-16-7-9-17(10-8-16)21-20(32-4)12-11-19-22(21)18-13-15-33-23(18)24(29)27-19/h7-13,15H,5-6,14H2,1-4H3,(H,27,29)(H,30,31). The van der Waals surface area contributed by atoms with Crippen molar-refractivity contribution in [3.63, 3.8) is 0 Å². The highest BCUT2D eigenvalue weighted by atomic mass is 32.1. The summed E-state index contributed by atoms with van der Waals surface area (Å²) >= 11 is 1.43.